The number of rotatable bonds is 4. The van der Waals surface area contributed by atoms with Crippen molar-refractivity contribution >= 4 is 0 Å². The Morgan fingerprint density at radius 2 is 1.90 bits per heavy atom. The van der Waals surface area contributed by atoms with Gasteiger partial charge in [-0.05, 0) is 36.7 Å². The second kappa shape index (κ2) is 6.27. The summed E-state index contributed by atoms with van der Waals surface area (Å²) in [6.07, 6.45) is 0.895. The van der Waals surface area contributed by atoms with Crippen molar-refractivity contribution in [2.45, 2.75) is 19.4 Å². The zero-order valence-electron chi connectivity index (χ0n) is 12.2. The van der Waals surface area contributed by atoms with Crippen molar-refractivity contribution in [2.75, 3.05) is 13.2 Å². The topological polar surface area (TPSA) is 21.3 Å². The number of ether oxygens (including phenoxy) is 1. The van der Waals surface area contributed by atoms with E-state index in [0.717, 1.165) is 30.9 Å². The van der Waals surface area contributed by atoms with Crippen LogP contribution >= 0.6 is 0 Å². The first-order valence-corrected chi connectivity index (χ1v) is 7.43. The van der Waals surface area contributed by atoms with Crippen LogP contribution in [-0.2, 0) is 6.42 Å². The minimum atomic E-state index is -0.182. The lowest BCUT2D eigenvalue weighted by Gasteiger charge is -2.32. The summed E-state index contributed by atoms with van der Waals surface area (Å²) < 4.78 is 18.6. The van der Waals surface area contributed by atoms with Crippen LogP contribution in [0, 0.1) is 11.7 Å². The first-order valence-electron chi connectivity index (χ1n) is 7.43. The molecule has 1 aliphatic rings. The van der Waals surface area contributed by atoms with Gasteiger partial charge in [0.05, 0.1) is 6.61 Å². The summed E-state index contributed by atoms with van der Waals surface area (Å²) in [7, 11) is 0. The number of hydrogen-bond donors (Lipinski definition) is 1. The van der Waals surface area contributed by atoms with Crippen LogP contribution in [0.25, 0.3) is 0 Å². The molecule has 1 N–H and O–H groups in total. The van der Waals surface area contributed by atoms with E-state index in [1.807, 2.05) is 24.3 Å². The molecule has 0 radical (unpaired) electrons. The highest BCUT2D eigenvalue weighted by molar-refractivity contribution is 5.37. The maximum absolute atomic E-state index is 12.9. The lowest BCUT2D eigenvalue weighted by atomic mass is 9.92. The van der Waals surface area contributed by atoms with Crippen molar-refractivity contribution in [1.82, 2.24) is 5.32 Å². The number of fused-ring (bicyclic) bond motifs is 1. The number of halogens is 1. The van der Waals surface area contributed by atoms with Gasteiger partial charge in [-0.15, -0.1) is 0 Å². The highest BCUT2D eigenvalue weighted by atomic mass is 19.1. The van der Waals surface area contributed by atoms with Gasteiger partial charge in [-0.2, -0.15) is 0 Å². The summed E-state index contributed by atoms with van der Waals surface area (Å²) >= 11 is 0. The third kappa shape index (κ3) is 3.24. The van der Waals surface area contributed by atoms with Gasteiger partial charge in [-0.1, -0.05) is 37.3 Å². The molecule has 0 aliphatic carbocycles. The molecule has 1 heterocycles. The van der Waals surface area contributed by atoms with Gasteiger partial charge >= 0.3 is 0 Å². The molecule has 1 aliphatic heterocycles. The number of para-hydroxylation sites is 1. The molecule has 2 aromatic carbocycles. The lowest BCUT2D eigenvalue weighted by Crippen LogP contribution is -2.35. The first-order chi connectivity index (χ1) is 10.2. The molecule has 0 saturated heterocycles. The summed E-state index contributed by atoms with van der Waals surface area (Å²) in [6.45, 7) is 3.81. The Bertz CT molecular complexity index is 596. The van der Waals surface area contributed by atoms with Gasteiger partial charge in [-0.25, -0.2) is 4.39 Å². The van der Waals surface area contributed by atoms with Crippen molar-refractivity contribution in [3.05, 3.63) is 65.5 Å². The maximum Gasteiger partial charge on any atom is 0.124 e. The van der Waals surface area contributed by atoms with Crippen LogP contribution in [0.4, 0.5) is 4.39 Å². The van der Waals surface area contributed by atoms with E-state index < -0.39 is 0 Å². The molecule has 2 atom stereocenters. The average molecular weight is 285 g/mol. The van der Waals surface area contributed by atoms with Gasteiger partial charge < -0.3 is 10.1 Å². The smallest absolute Gasteiger partial charge is 0.124 e. The van der Waals surface area contributed by atoms with E-state index in [9.17, 15) is 4.39 Å². The molecule has 0 amide bonds. The molecule has 0 aromatic heterocycles. The summed E-state index contributed by atoms with van der Waals surface area (Å²) in [4.78, 5) is 0. The third-order valence-corrected chi connectivity index (χ3v) is 4.02. The van der Waals surface area contributed by atoms with Crippen LogP contribution in [0.15, 0.2) is 48.5 Å². The summed E-state index contributed by atoms with van der Waals surface area (Å²) in [5.74, 6) is 1.24. The van der Waals surface area contributed by atoms with Crippen LogP contribution in [0.1, 0.15) is 24.1 Å². The summed E-state index contributed by atoms with van der Waals surface area (Å²) in [5.41, 5.74) is 2.38. The van der Waals surface area contributed by atoms with Crippen LogP contribution < -0.4 is 10.1 Å². The standard InChI is InChI=1S/C18H20FNO/c1-13-12-21-17-5-3-2-4-16(17)18(13)20-11-10-14-6-8-15(19)9-7-14/h2-9,13,18,20H,10-12H2,1H3. The minimum Gasteiger partial charge on any atom is -0.493 e. The summed E-state index contributed by atoms with van der Waals surface area (Å²) in [5, 5.41) is 3.62. The Balaban J connectivity index is 1.63. The van der Waals surface area contributed by atoms with Gasteiger partial charge in [0.25, 0.3) is 0 Å². The molecular weight excluding hydrogens is 265 g/mol. The molecule has 0 saturated carbocycles. The van der Waals surface area contributed by atoms with Gasteiger partial charge in [0.2, 0.25) is 0 Å². The molecule has 3 rings (SSSR count). The lowest BCUT2D eigenvalue weighted by molar-refractivity contribution is 0.189. The molecule has 2 nitrogen and oxygen atoms in total. The molecule has 0 bridgehead atoms. The molecule has 3 heteroatoms. The van der Waals surface area contributed by atoms with Crippen LogP contribution in [-0.4, -0.2) is 13.2 Å². The normalized spacial score (nSPS) is 20.7. The fourth-order valence-corrected chi connectivity index (χ4v) is 2.83. The Hall–Kier alpha value is -1.87. The van der Waals surface area contributed by atoms with E-state index in [4.69, 9.17) is 4.74 Å². The van der Waals surface area contributed by atoms with E-state index in [1.165, 1.54) is 17.7 Å². The van der Waals surface area contributed by atoms with E-state index in [1.54, 1.807) is 0 Å². The highest BCUT2D eigenvalue weighted by Gasteiger charge is 2.26. The van der Waals surface area contributed by atoms with E-state index in [2.05, 4.69) is 24.4 Å². The van der Waals surface area contributed by atoms with Crippen molar-refractivity contribution in [2.24, 2.45) is 5.92 Å². The predicted octanol–water partition coefficient (Wildman–Crippen LogP) is 3.73. The average Bonchev–Trinajstić information content (AvgIpc) is 2.51. The van der Waals surface area contributed by atoms with Crippen LogP contribution in [0.3, 0.4) is 0 Å². The Labute approximate surface area is 125 Å². The Kier molecular flexibility index (Phi) is 4.20. The zero-order valence-corrected chi connectivity index (χ0v) is 12.2. The quantitative estimate of drug-likeness (QED) is 0.924. The van der Waals surface area contributed by atoms with Crippen LogP contribution in [0.2, 0.25) is 0 Å². The van der Waals surface area contributed by atoms with Crippen molar-refractivity contribution in [3.8, 4) is 5.75 Å². The van der Waals surface area contributed by atoms with Crippen LogP contribution in [0.5, 0.6) is 5.75 Å². The van der Waals surface area contributed by atoms with E-state index >= 15 is 0 Å². The minimum absolute atomic E-state index is 0.182. The molecule has 21 heavy (non-hydrogen) atoms. The highest BCUT2D eigenvalue weighted by Crippen LogP contribution is 2.34. The molecular formula is C18H20FNO. The van der Waals surface area contributed by atoms with Gasteiger partial charge in [-0.3, -0.25) is 0 Å². The van der Waals surface area contributed by atoms with Gasteiger partial charge in [0.15, 0.2) is 0 Å². The number of hydrogen-bond acceptors (Lipinski definition) is 2. The fraction of sp³-hybridized carbons (Fsp3) is 0.333. The largest absolute Gasteiger partial charge is 0.493 e. The molecule has 2 aromatic rings. The first kappa shape index (κ1) is 14.1. The third-order valence-electron chi connectivity index (χ3n) is 4.02. The van der Waals surface area contributed by atoms with Gasteiger partial charge in [0, 0.05) is 17.5 Å². The molecule has 110 valence electrons. The predicted molar refractivity (Wildman–Crippen MR) is 81.9 cm³/mol. The maximum atomic E-state index is 12.9. The second-order valence-corrected chi connectivity index (χ2v) is 5.63. The summed E-state index contributed by atoms with van der Waals surface area (Å²) in [6, 6.07) is 15.2. The van der Waals surface area contributed by atoms with E-state index in [0.29, 0.717) is 12.0 Å². The Morgan fingerprint density at radius 1 is 1.14 bits per heavy atom. The van der Waals surface area contributed by atoms with E-state index in [-0.39, 0.29) is 5.82 Å². The Morgan fingerprint density at radius 3 is 2.71 bits per heavy atom. The second-order valence-electron chi connectivity index (χ2n) is 5.63. The van der Waals surface area contributed by atoms with Crippen molar-refractivity contribution in [3.63, 3.8) is 0 Å². The molecule has 0 fully saturated rings. The van der Waals surface area contributed by atoms with Crippen molar-refractivity contribution in [1.29, 1.82) is 0 Å². The SMILES string of the molecule is CC1COc2ccccc2C1NCCc1ccc(F)cc1. The zero-order chi connectivity index (χ0) is 14.7. The monoisotopic (exact) mass is 285 g/mol. The number of benzene rings is 2. The molecule has 2 unspecified atom stereocenters. The van der Waals surface area contributed by atoms with Crippen molar-refractivity contribution < 1.29 is 9.13 Å². The molecule has 0 spiro atoms. The fourth-order valence-electron chi connectivity index (χ4n) is 2.83. The van der Waals surface area contributed by atoms with Gasteiger partial charge in [0.1, 0.15) is 11.6 Å². The number of nitrogens with one attached hydrogen (secondary N) is 1.